The molecular formula is C18H24Cl4Fe2N10S2. The largest absolute Gasteiger partial charge is 3.00 e. The van der Waals surface area contributed by atoms with Crippen molar-refractivity contribution in [2.24, 2.45) is 20.4 Å². The Hall–Kier alpha value is -0.921. The molecule has 0 N–H and O–H groups in total. The Morgan fingerprint density at radius 3 is 1.22 bits per heavy atom. The zero-order valence-electron chi connectivity index (χ0n) is 20.0. The summed E-state index contributed by atoms with van der Waals surface area (Å²) < 4.78 is 0. The Morgan fingerprint density at radius 2 is 1.00 bits per heavy atom. The average Bonchev–Trinajstić information content (AvgIpc) is 2.80. The van der Waals surface area contributed by atoms with Crippen molar-refractivity contribution in [3.05, 3.63) is 48.6 Å². The Balaban J connectivity index is 0. The molecule has 2 rings (SSSR count). The number of nitrogens with zero attached hydrogens (tertiary/aromatic N) is 10. The van der Waals surface area contributed by atoms with Crippen LogP contribution >= 0.6 is 40.4 Å². The van der Waals surface area contributed by atoms with Crippen LogP contribution in [0.5, 0.6) is 0 Å². The zero-order chi connectivity index (χ0) is 27.0. The van der Waals surface area contributed by atoms with Crippen molar-refractivity contribution in [1.82, 2.24) is 29.7 Å². The van der Waals surface area contributed by atoms with Gasteiger partial charge < -0.3 is 35.1 Å². The van der Waals surface area contributed by atoms with Crippen LogP contribution in [0.4, 0.5) is 0 Å². The van der Waals surface area contributed by atoms with E-state index in [9.17, 15) is 0 Å². The first-order chi connectivity index (χ1) is 16.2. The maximum absolute atomic E-state index is 4.96. The number of halogens is 4. The maximum Gasteiger partial charge on any atom is 3.00 e. The van der Waals surface area contributed by atoms with Crippen LogP contribution < -0.4 is 0 Å². The van der Waals surface area contributed by atoms with E-state index in [0.29, 0.717) is 33.1 Å². The summed E-state index contributed by atoms with van der Waals surface area (Å²) in [6.45, 7) is 3.62. The molecule has 0 spiro atoms. The van der Waals surface area contributed by atoms with Crippen molar-refractivity contribution in [1.29, 1.82) is 0 Å². The van der Waals surface area contributed by atoms with Gasteiger partial charge in [-0.15, -0.1) is 0 Å². The SMILES string of the molecule is C/C(=N\N=C(/[S-])N(C)C)c1cnccn1.C/C(=N\N=C(/[S-])N(C)C)c1cnccn1.[Cl][Fe-]([Cl])([Cl])[Cl].[Fe+3]. The smallest absolute Gasteiger partial charge is 3.00 e. The number of hydrogen-bond acceptors (Lipinski definition) is 10. The molecule has 0 saturated carbocycles. The van der Waals surface area contributed by atoms with E-state index in [1.165, 1.54) is 0 Å². The van der Waals surface area contributed by atoms with E-state index >= 15 is 0 Å². The number of amidine groups is 2. The van der Waals surface area contributed by atoms with Crippen LogP contribution in [-0.4, -0.2) is 79.7 Å². The van der Waals surface area contributed by atoms with Gasteiger partial charge in [-0.2, -0.15) is 20.4 Å². The molecule has 0 saturated heterocycles. The van der Waals surface area contributed by atoms with Gasteiger partial charge in [0, 0.05) is 63.3 Å². The zero-order valence-corrected chi connectivity index (χ0v) is 26.8. The van der Waals surface area contributed by atoms with Crippen molar-refractivity contribution in [3.63, 3.8) is 0 Å². The second-order valence-electron chi connectivity index (χ2n) is 6.41. The van der Waals surface area contributed by atoms with E-state index in [2.05, 4.69) is 40.3 Å². The molecule has 0 fully saturated rings. The molecule has 18 heteroatoms. The van der Waals surface area contributed by atoms with Gasteiger partial charge in [-0.1, -0.05) is 0 Å². The van der Waals surface area contributed by atoms with Crippen molar-refractivity contribution < 1.29 is 26.3 Å². The molecule has 0 aliphatic rings. The standard InChI is InChI=1S/2C9H13N5S.4ClH.2Fe/c2*1-7(8-6-10-4-5-11-8)12-13-9(15)14(2)3;;;;;;/h2*4-6H,1-3H3,(H,13,15);4*1H;;/q;;;;;;2*+3/p-6/b2*12-7+;;;;;;. The fraction of sp³-hybridized carbons (Fsp3) is 0.333. The molecule has 0 aromatic carbocycles. The van der Waals surface area contributed by atoms with Gasteiger partial charge in [0.15, 0.2) is 0 Å². The Bertz CT molecular complexity index is 924. The van der Waals surface area contributed by atoms with Gasteiger partial charge in [-0.25, -0.2) is 0 Å². The van der Waals surface area contributed by atoms with Crippen LogP contribution in [0.3, 0.4) is 0 Å². The van der Waals surface area contributed by atoms with Crippen molar-refractivity contribution in [3.8, 4) is 0 Å². The van der Waals surface area contributed by atoms with Crippen LogP contribution in [0, 0.1) is 0 Å². The Labute approximate surface area is 252 Å². The molecule has 10 nitrogen and oxygen atoms in total. The fourth-order valence-electron chi connectivity index (χ4n) is 1.49. The van der Waals surface area contributed by atoms with Gasteiger partial charge in [-0.05, 0) is 13.8 Å². The van der Waals surface area contributed by atoms with Crippen molar-refractivity contribution in [2.75, 3.05) is 28.2 Å². The second-order valence-corrected chi connectivity index (χ2v) is 18.1. The third kappa shape index (κ3) is 20.2. The predicted molar refractivity (Wildman–Crippen MR) is 149 cm³/mol. The minimum atomic E-state index is -2.61. The first-order valence-corrected chi connectivity index (χ1v) is 16.1. The molecule has 2 heterocycles. The molecule has 0 amide bonds. The number of rotatable bonds is 4. The van der Waals surface area contributed by atoms with E-state index in [1.807, 2.05) is 42.0 Å². The normalized spacial score (nSPS) is 12.7. The molecule has 0 aliphatic heterocycles. The van der Waals surface area contributed by atoms with Crippen LogP contribution in [0.15, 0.2) is 57.6 Å². The Morgan fingerprint density at radius 1 is 0.694 bits per heavy atom. The van der Waals surface area contributed by atoms with Crippen molar-refractivity contribution >= 4 is 87.4 Å². The van der Waals surface area contributed by atoms with Gasteiger partial charge in [0.05, 0.1) is 23.8 Å². The number of aromatic nitrogens is 4. The molecule has 0 aliphatic carbocycles. The third-order valence-electron chi connectivity index (χ3n) is 3.20. The number of hydrogen-bond donors (Lipinski definition) is 0. The molecule has 0 unspecified atom stereocenters. The summed E-state index contributed by atoms with van der Waals surface area (Å²) in [6.07, 6.45) is 9.70. The quantitative estimate of drug-likeness (QED) is 0.155. The first kappa shape index (κ1) is 37.2. The summed E-state index contributed by atoms with van der Waals surface area (Å²) in [5.74, 6) is 0. The first-order valence-electron chi connectivity index (χ1n) is 9.21. The fourth-order valence-corrected chi connectivity index (χ4v) is 1.57. The second kappa shape index (κ2) is 20.1. The van der Waals surface area contributed by atoms with E-state index in [4.69, 9.17) is 65.6 Å². The topological polar surface area (TPSA) is 107 Å². The van der Waals surface area contributed by atoms with E-state index in [0.717, 1.165) is 0 Å². The van der Waals surface area contributed by atoms with Crippen molar-refractivity contribution in [2.45, 2.75) is 13.8 Å². The molecule has 2 aromatic rings. The van der Waals surface area contributed by atoms with E-state index in [1.54, 1.807) is 47.0 Å². The van der Waals surface area contributed by atoms with Gasteiger partial charge in [-0.3, -0.25) is 19.9 Å². The maximum atomic E-state index is 4.96. The minimum Gasteiger partial charge on any atom is 3.00 e. The minimum absolute atomic E-state index is 0. The van der Waals surface area contributed by atoms with Gasteiger partial charge in [0.2, 0.25) is 0 Å². The molecule has 1 radical (unpaired) electrons. The van der Waals surface area contributed by atoms with E-state index < -0.39 is 9.20 Å². The van der Waals surface area contributed by atoms with Crippen LogP contribution in [0.2, 0.25) is 0 Å². The molecular weight excluding hydrogens is 674 g/mol. The van der Waals surface area contributed by atoms with Gasteiger partial charge >= 0.3 is 66.7 Å². The summed E-state index contributed by atoms with van der Waals surface area (Å²) in [5.41, 5.74) is 2.77. The van der Waals surface area contributed by atoms with Crippen LogP contribution in [0.1, 0.15) is 25.2 Å². The molecule has 0 atom stereocenters. The van der Waals surface area contributed by atoms with Crippen LogP contribution in [0.25, 0.3) is 0 Å². The Kier molecular flexibility index (Phi) is 20.8. The summed E-state index contributed by atoms with van der Waals surface area (Å²) in [7, 11) is 24.5. The van der Waals surface area contributed by atoms with Gasteiger partial charge in [0.1, 0.15) is 11.4 Å². The molecule has 0 bridgehead atoms. The summed E-state index contributed by atoms with van der Waals surface area (Å²) in [4.78, 5) is 19.5. The summed E-state index contributed by atoms with van der Waals surface area (Å²) >= 11 is 9.92. The monoisotopic (exact) mass is 696 g/mol. The third-order valence-corrected chi connectivity index (χ3v) is 4.10. The summed E-state index contributed by atoms with van der Waals surface area (Å²) in [5, 5.41) is 16.6. The predicted octanol–water partition coefficient (Wildman–Crippen LogP) is 4.08. The summed E-state index contributed by atoms with van der Waals surface area (Å²) in [6, 6.07) is 0. The molecule has 202 valence electrons. The van der Waals surface area contributed by atoms with Gasteiger partial charge in [0.25, 0.3) is 0 Å². The molecule has 2 aromatic heterocycles. The average molecular weight is 698 g/mol. The van der Waals surface area contributed by atoms with Crippen LogP contribution in [-0.2, 0) is 51.5 Å². The van der Waals surface area contributed by atoms with E-state index in [-0.39, 0.29) is 17.1 Å². The molecule has 36 heavy (non-hydrogen) atoms.